The highest BCUT2D eigenvalue weighted by atomic mass is 35.5. The van der Waals surface area contributed by atoms with E-state index in [2.05, 4.69) is 20.3 Å². The van der Waals surface area contributed by atoms with Gasteiger partial charge in [-0.05, 0) is 44.2 Å². The van der Waals surface area contributed by atoms with E-state index in [0.717, 1.165) is 16.2 Å². The molecule has 4 heterocycles. The molecule has 0 saturated heterocycles. The summed E-state index contributed by atoms with van der Waals surface area (Å²) < 4.78 is 41.7. The molecule has 0 atom stereocenters. The number of carboxylic acids is 1. The summed E-state index contributed by atoms with van der Waals surface area (Å²) in [6, 6.07) is 7.00. The van der Waals surface area contributed by atoms with Gasteiger partial charge in [-0.3, -0.25) is 14.2 Å². The van der Waals surface area contributed by atoms with Gasteiger partial charge in [0.15, 0.2) is 5.69 Å². The molecule has 0 aliphatic heterocycles. The highest BCUT2D eigenvalue weighted by Crippen LogP contribution is 2.31. The van der Waals surface area contributed by atoms with Crippen LogP contribution < -0.4 is 10.9 Å². The van der Waals surface area contributed by atoms with Crippen LogP contribution in [0.15, 0.2) is 47.5 Å². The first-order valence-electron chi connectivity index (χ1n) is 11.2. The van der Waals surface area contributed by atoms with E-state index in [-0.39, 0.29) is 39.9 Å². The zero-order valence-electron chi connectivity index (χ0n) is 20.3. The topological polar surface area (TPSA) is 109 Å². The van der Waals surface area contributed by atoms with Crippen molar-refractivity contribution in [2.45, 2.75) is 40.4 Å². The Labute approximate surface area is 214 Å². The first kappa shape index (κ1) is 27.6. The highest BCUT2D eigenvalue weighted by molar-refractivity contribution is 6.29. The number of aryl methyl sites for hydroxylation is 1. The molecule has 37 heavy (non-hydrogen) atoms. The van der Waals surface area contributed by atoms with Gasteiger partial charge in [0.1, 0.15) is 10.8 Å². The number of nitrogens with one attached hydrogen (secondary N) is 1. The number of carbonyl (C=O) groups is 1. The number of hydrogen-bond donors (Lipinski definition) is 2. The molecule has 0 spiro atoms. The van der Waals surface area contributed by atoms with E-state index in [4.69, 9.17) is 11.6 Å². The Morgan fingerprint density at radius 2 is 1.84 bits per heavy atom. The number of halogens is 4. The highest BCUT2D eigenvalue weighted by Gasteiger charge is 2.32. The lowest BCUT2D eigenvalue weighted by molar-refractivity contribution is -0.137. The third-order valence-electron chi connectivity index (χ3n) is 5.27. The number of anilines is 1. The first-order chi connectivity index (χ1) is 17.5. The van der Waals surface area contributed by atoms with Crippen LogP contribution in [0.4, 0.5) is 18.9 Å². The van der Waals surface area contributed by atoms with Crippen molar-refractivity contribution >= 4 is 28.9 Å². The lowest BCUT2D eigenvalue weighted by atomic mass is 10.1. The van der Waals surface area contributed by atoms with Gasteiger partial charge in [0.05, 0.1) is 16.9 Å². The van der Waals surface area contributed by atoms with Crippen LogP contribution >= 0.6 is 11.6 Å². The zero-order chi connectivity index (χ0) is 27.5. The van der Waals surface area contributed by atoms with Crippen LogP contribution in [0.25, 0.3) is 16.9 Å². The molecule has 12 heteroatoms. The van der Waals surface area contributed by atoms with Crippen molar-refractivity contribution < 1.29 is 23.1 Å². The molecule has 0 radical (unpaired) electrons. The smallest absolute Gasteiger partial charge is 0.417 e. The quantitative estimate of drug-likeness (QED) is 0.313. The Hall–Kier alpha value is -3.99. The van der Waals surface area contributed by atoms with E-state index in [1.54, 1.807) is 19.1 Å². The standard InChI is InChI=1S/C23H17ClF3N5O3.C2H6/c1-11-3-4-13(8-28-11)18-12(2)21(33)32-10-15(23(25,26)27)7-14(20(32)31-18)9-29-16-5-6-17(24)30-19(16)22(34)35;1-2/h3-8,10,29H,9H2,1-2H3,(H,34,35);1-2H3. The molecule has 0 aliphatic carbocycles. The van der Waals surface area contributed by atoms with Crippen LogP contribution in [-0.4, -0.2) is 30.4 Å². The average Bonchev–Trinajstić information content (AvgIpc) is 2.86. The largest absolute Gasteiger partial charge is 0.476 e. The predicted molar refractivity (Wildman–Crippen MR) is 134 cm³/mol. The van der Waals surface area contributed by atoms with Gasteiger partial charge in [0.2, 0.25) is 0 Å². The van der Waals surface area contributed by atoms with Crippen LogP contribution in [0.2, 0.25) is 5.15 Å². The number of rotatable bonds is 5. The minimum atomic E-state index is -4.73. The van der Waals surface area contributed by atoms with Gasteiger partial charge >= 0.3 is 12.1 Å². The predicted octanol–water partition coefficient (Wildman–Crippen LogP) is 5.78. The van der Waals surface area contributed by atoms with Gasteiger partial charge < -0.3 is 10.4 Å². The molecule has 4 rings (SSSR count). The number of alkyl halides is 3. The van der Waals surface area contributed by atoms with Crippen molar-refractivity contribution in [2.75, 3.05) is 5.32 Å². The molecular weight excluding hydrogens is 511 g/mol. The minimum Gasteiger partial charge on any atom is -0.476 e. The van der Waals surface area contributed by atoms with Gasteiger partial charge in [-0.25, -0.2) is 14.8 Å². The van der Waals surface area contributed by atoms with Crippen LogP contribution in [0.3, 0.4) is 0 Å². The molecule has 4 aromatic rings. The molecule has 0 aliphatic rings. The molecule has 8 nitrogen and oxygen atoms in total. The molecule has 0 unspecified atom stereocenters. The van der Waals surface area contributed by atoms with Crippen LogP contribution in [-0.2, 0) is 12.7 Å². The Bertz CT molecular complexity index is 1520. The summed E-state index contributed by atoms with van der Waals surface area (Å²) in [6.45, 7) is 6.99. The summed E-state index contributed by atoms with van der Waals surface area (Å²) in [6.07, 6.45) is -2.50. The van der Waals surface area contributed by atoms with E-state index in [1.807, 2.05) is 13.8 Å². The summed E-state index contributed by atoms with van der Waals surface area (Å²) >= 11 is 5.76. The van der Waals surface area contributed by atoms with Gasteiger partial charge in [-0.2, -0.15) is 13.2 Å². The number of aromatic carboxylic acids is 1. The number of nitrogens with zero attached hydrogens (tertiary/aromatic N) is 4. The fourth-order valence-electron chi connectivity index (χ4n) is 3.50. The number of carboxylic acid groups (broad SMARTS) is 1. The number of fused-ring (bicyclic) bond motifs is 1. The number of hydrogen-bond acceptors (Lipinski definition) is 6. The molecule has 194 valence electrons. The Kier molecular flexibility index (Phi) is 8.17. The second kappa shape index (κ2) is 11.0. The van der Waals surface area contributed by atoms with Crippen LogP contribution in [0.5, 0.6) is 0 Å². The van der Waals surface area contributed by atoms with Crippen LogP contribution in [0.1, 0.15) is 46.7 Å². The van der Waals surface area contributed by atoms with Gasteiger partial charge in [0.25, 0.3) is 5.56 Å². The third kappa shape index (κ3) is 5.88. The molecule has 0 saturated carbocycles. The maximum atomic E-state index is 13.6. The molecule has 0 aromatic carbocycles. The fraction of sp³-hybridized carbons (Fsp3) is 0.240. The summed E-state index contributed by atoms with van der Waals surface area (Å²) in [5, 5.41) is 12.1. The van der Waals surface area contributed by atoms with Gasteiger partial charge in [-0.15, -0.1) is 0 Å². The Morgan fingerprint density at radius 3 is 2.43 bits per heavy atom. The molecule has 4 aromatic heterocycles. The Balaban J connectivity index is 0.00000186. The van der Waals surface area contributed by atoms with Crippen molar-refractivity contribution in [3.8, 4) is 11.3 Å². The zero-order valence-corrected chi connectivity index (χ0v) is 21.1. The third-order valence-corrected chi connectivity index (χ3v) is 5.48. The average molecular weight is 534 g/mol. The molecular formula is C25H23ClF3N5O3. The van der Waals surface area contributed by atoms with E-state index >= 15 is 0 Å². The monoisotopic (exact) mass is 533 g/mol. The SMILES string of the molecule is CC.Cc1ccc(-c2nc3c(CNc4ccc(Cl)nc4C(=O)O)cc(C(F)(F)F)cn3c(=O)c2C)cn1. The lowest BCUT2D eigenvalue weighted by Crippen LogP contribution is -2.23. The maximum absolute atomic E-state index is 13.6. The summed E-state index contributed by atoms with van der Waals surface area (Å²) in [7, 11) is 0. The Morgan fingerprint density at radius 1 is 1.14 bits per heavy atom. The normalized spacial score (nSPS) is 11.1. The maximum Gasteiger partial charge on any atom is 0.417 e. The molecule has 0 fully saturated rings. The van der Waals surface area contributed by atoms with Gasteiger partial charge in [0, 0.05) is 41.3 Å². The molecule has 2 N–H and O–H groups in total. The van der Waals surface area contributed by atoms with Crippen molar-refractivity contribution in [1.29, 1.82) is 0 Å². The summed E-state index contributed by atoms with van der Waals surface area (Å²) in [5.41, 5.74) is -0.378. The minimum absolute atomic E-state index is 0.0181. The number of aromatic nitrogens is 4. The van der Waals surface area contributed by atoms with Crippen LogP contribution in [0, 0.1) is 13.8 Å². The van der Waals surface area contributed by atoms with E-state index in [0.29, 0.717) is 11.8 Å². The second-order valence-corrected chi connectivity index (χ2v) is 8.10. The number of pyridine rings is 3. The van der Waals surface area contributed by atoms with Crippen molar-refractivity contribution in [2.24, 2.45) is 0 Å². The van der Waals surface area contributed by atoms with E-state index in [9.17, 15) is 27.9 Å². The second-order valence-electron chi connectivity index (χ2n) is 7.71. The van der Waals surface area contributed by atoms with Crippen molar-refractivity contribution in [1.82, 2.24) is 19.4 Å². The van der Waals surface area contributed by atoms with Gasteiger partial charge in [-0.1, -0.05) is 25.4 Å². The van der Waals surface area contributed by atoms with E-state index < -0.39 is 29.0 Å². The lowest BCUT2D eigenvalue weighted by Gasteiger charge is -2.16. The molecule has 0 amide bonds. The summed E-state index contributed by atoms with van der Waals surface area (Å²) in [5.74, 6) is -1.37. The summed E-state index contributed by atoms with van der Waals surface area (Å²) in [4.78, 5) is 37.0. The molecule has 0 bridgehead atoms. The first-order valence-corrected chi connectivity index (χ1v) is 11.5. The van der Waals surface area contributed by atoms with Crippen molar-refractivity contribution in [3.63, 3.8) is 0 Å². The fourth-order valence-corrected chi connectivity index (χ4v) is 3.65. The van der Waals surface area contributed by atoms with E-state index in [1.165, 1.54) is 25.3 Å². The van der Waals surface area contributed by atoms with Crippen molar-refractivity contribution in [3.05, 3.63) is 86.3 Å².